The Kier molecular flexibility index (Phi) is 5.59. The van der Waals surface area contributed by atoms with Gasteiger partial charge < -0.3 is 4.74 Å². The fourth-order valence-corrected chi connectivity index (χ4v) is 4.55. The van der Waals surface area contributed by atoms with Gasteiger partial charge in [-0.05, 0) is 41.5 Å². The smallest absolute Gasteiger partial charge is 0.276 e. The second kappa shape index (κ2) is 8.68. The minimum absolute atomic E-state index is 0.195. The molecule has 2 aliphatic rings. The zero-order valence-electron chi connectivity index (χ0n) is 17.2. The number of amides is 1. The van der Waals surface area contributed by atoms with Crippen LogP contribution in [0.3, 0.4) is 0 Å². The minimum Gasteiger partial charge on any atom is -0.497 e. The Morgan fingerprint density at radius 3 is 2.56 bits per heavy atom. The molecule has 0 radical (unpaired) electrons. The maximum atomic E-state index is 13.2. The lowest BCUT2D eigenvalue weighted by Gasteiger charge is -2.34. The van der Waals surface area contributed by atoms with Crippen molar-refractivity contribution in [2.45, 2.75) is 11.9 Å². The van der Waals surface area contributed by atoms with Crippen LogP contribution in [0.2, 0.25) is 5.02 Å². The first-order chi connectivity index (χ1) is 15.6. The van der Waals surface area contributed by atoms with E-state index in [1.54, 1.807) is 12.1 Å². The number of para-hydroxylation sites is 1. The minimum atomic E-state index is -0.456. The van der Waals surface area contributed by atoms with Crippen molar-refractivity contribution in [3.63, 3.8) is 0 Å². The lowest BCUT2D eigenvalue weighted by Crippen LogP contribution is -2.50. The predicted molar refractivity (Wildman–Crippen MR) is 127 cm³/mol. The summed E-state index contributed by atoms with van der Waals surface area (Å²) in [4.78, 5) is 18.1. The molecule has 3 aromatic carbocycles. The van der Waals surface area contributed by atoms with E-state index in [9.17, 15) is 4.79 Å². The van der Waals surface area contributed by atoms with E-state index in [0.717, 1.165) is 27.5 Å². The number of carbonyl (C=O) groups excluding carboxylic acids is 1. The van der Waals surface area contributed by atoms with Gasteiger partial charge in [-0.1, -0.05) is 65.8 Å². The topological polar surface area (TPSA) is 66.3 Å². The van der Waals surface area contributed by atoms with E-state index in [-0.39, 0.29) is 5.91 Å². The van der Waals surface area contributed by atoms with Crippen LogP contribution in [0.25, 0.3) is 5.70 Å². The third-order valence-electron chi connectivity index (χ3n) is 5.22. The number of nitrogens with zero attached hydrogens (tertiary/aromatic N) is 3. The third-order valence-corrected chi connectivity index (χ3v) is 6.40. The first-order valence-corrected chi connectivity index (χ1v) is 11.4. The van der Waals surface area contributed by atoms with Gasteiger partial charge in [0.15, 0.2) is 11.3 Å². The number of methoxy groups -OCH3 is 1. The Morgan fingerprint density at radius 2 is 1.81 bits per heavy atom. The van der Waals surface area contributed by atoms with Gasteiger partial charge in [-0.25, -0.2) is 5.01 Å². The molecule has 0 saturated heterocycles. The Labute approximate surface area is 194 Å². The van der Waals surface area contributed by atoms with E-state index in [4.69, 9.17) is 26.4 Å². The number of carbonyl (C=O) groups is 1. The summed E-state index contributed by atoms with van der Waals surface area (Å²) in [7, 11) is 1.63. The van der Waals surface area contributed by atoms with Gasteiger partial charge in [0.1, 0.15) is 11.4 Å². The monoisotopic (exact) mass is 462 g/mol. The normalized spacial score (nSPS) is 17.0. The standard InChI is InChI=1S/C24H19ClN4O2S/c1-31-18-12-8-16(9-13-18)22-26-20-5-3-2-4-19(20)21-23(30)27-24(28-29(21)22)32-14-15-6-10-17(25)11-7-15/h2-13,22H,14H2,1H3,(H,27,28,30)/t22-/m0/s1. The average molecular weight is 463 g/mol. The molecule has 0 bridgehead atoms. The number of ether oxygens (including phenoxy) is 1. The van der Waals surface area contributed by atoms with Gasteiger partial charge in [0.05, 0.1) is 12.5 Å². The molecule has 0 saturated carbocycles. The van der Waals surface area contributed by atoms with Gasteiger partial charge in [-0.15, -0.1) is 5.10 Å². The zero-order chi connectivity index (χ0) is 22.1. The van der Waals surface area contributed by atoms with Gasteiger partial charge in [0, 0.05) is 16.0 Å². The maximum absolute atomic E-state index is 13.2. The summed E-state index contributed by atoms with van der Waals surface area (Å²) in [6.45, 7) is 0. The molecule has 0 aromatic heterocycles. The van der Waals surface area contributed by atoms with E-state index in [1.807, 2.05) is 72.8 Å². The summed E-state index contributed by atoms with van der Waals surface area (Å²) in [5.41, 5.74) is 2.50. The van der Waals surface area contributed by atoms with Gasteiger partial charge >= 0.3 is 0 Å². The van der Waals surface area contributed by atoms with Crippen molar-refractivity contribution in [1.29, 1.82) is 0 Å². The number of thioether (sulfide) groups is 1. The number of rotatable bonds is 4. The van der Waals surface area contributed by atoms with E-state index < -0.39 is 6.17 Å². The SMILES string of the molecule is COc1ccc([C@H]2N=c3ccccc3=C3C(=O)NC(SCc4ccc(Cl)cc4)=NN32)cc1. The molecule has 0 aliphatic carbocycles. The van der Waals surface area contributed by atoms with E-state index in [1.165, 1.54) is 11.8 Å². The molecule has 2 aliphatic heterocycles. The van der Waals surface area contributed by atoms with Crippen LogP contribution in [0.5, 0.6) is 5.75 Å². The van der Waals surface area contributed by atoms with Crippen molar-refractivity contribution < 1.29 is 9.53 Å². The fourth-order valence-electron chi connectivity index (χ4n) is 3.62. The highest BCUT2D eigenvalue weighted by Gasteiger charge is 2.34. The first-order valence-electron chi connectivity index (χ1n) is 10.00. The Bertz CT molecular complexity index is 1320. The highest BCUT2D eigenvalue weighted by atomic mass is 35.5. The van der Waals surface area contributed by atoms with Crippen LogP contribution in [0.15, 0.2) is 82.9 Å². The highest BCUT2D eigenvalue weighted by Crippen LogP contribution is 2.32. The van der Waals surface area contributed by atoms with E-state index in [2.05, 4.69) is 5.32 Å². The summed E-state index contributed by atoms with van der Waals surface area (Å²) < 4.78 is 5.28. The van der Waals surface area contributed by atoms with E-state index in [0.29, 0.717) is 21.6 Å². The highest BCUT2D eigenvalue weighted by molar-refractivity contribution is 8.13. The Morgan fingerprint density at radius 1 is 1.06 bits per heavy atom. The lowest BCUT2D eigenvalue weighted by atomic mass is 10.1. The number of nitrogens with one attached hydrogen (secondary N) is 1. The third kappa shape index (κ3) is 3.97. The lowest BCUT2D eigenvalue weighted by molar-refractivity contribution is -0.116. The molecule has 32 heavy (non-hydrogen) atoms. The number of benzene rings is 3. The molecular formula is C24H19ClN4O2S. The van der Waals surface area contributed by atoms with Gasteiger partial charge in [-0.3, -0.25) is 15.1 Å². The number of halogens is 1. The van der Waals surface area contributed by atoms with Crippen molar-refractivity contribution in [2.75, 3.05) is 7.11 Å². The summed E-state index contributed by atoms with van der Waals surface area (Å²) in [6, 6.07) is 22.9. The molecule has 2 heterocycles. The van der Waals surface area contributed by atoms with Crippen LogP contribution in [-0.4, -0.2) is 23.2 Å². The molecular weight excluding hydrogens is 444 g/mol. The molecule has 5 rings (SSSR count). The number of fused-ring (bicyclic) bond motifs is 2. The number of hydrogen-bond donors (Lipinski definition) is 1. The quantitative estimate of drug-likeness (QED) is 0.645. The van der Waals surface area contributed by atoms with Crippen molar-refractivity contribution in [3.8, 4) is 5.75 Å². The van der Waals surface area contributed by atoms with Crippen LogP contribution in [0.4, 0.5) is 0 Å². The second-order valence-electron chi connectivity index (χ2n) is 7.26. The molecule has 0 spiro atoms. The molecule has 1 amide bonds. The number of hydrazone groups is 1. The fraction of sp³-hybridized carbons (Fsp3) is 0.125. The Balaban J connectivity index is 1.53. The summed E-state index contributed by atoms with van der Waals surface area (Å²) in [5.74, 6) is 1.22. The van der Waals surface area contributed by atoms with Crippen molar-refractivity contribution in [3.05, 3.63) is 99.5 Å². The molecule has 8 heteroatoms. The average Bonchev–Trinajstić information content (AvgIpc) is 2.83. The molecule has 1 N–H and O–H groups in total. The molecule has 0 fully saturated rings. The van der Waals surface area contributed by atoms with Crippen LogP contribution < -0.4 is 20.6 Å². The summed E-state index contributed by atoms with van der Waals surface area (Å²) >= 11 is 7.43. The van der Waals surface area contributed by atoms with Crippen LogP contribution >= 0.6 is 23.4 Å². The van der Waals surface area contributed by atoms with Gasteiger partial charge in [0.2, 0.25) is 0 Å². The van der Waals surface area contributed by atoms with Crippen molar-refractivity contribution in [1.82, 2.24) is 10.3 Å². The molecule has 1 atom stereocenters. The van der Waals surface area contributed by atoms with E-state index >= 15 is 0 Å². The summed E-state index contributed by atoms with van der Waals surface area (Å²) in [5, 5.41) is 12.2. The molecule has 3 aromatic rings. The molecule has 6 nitrogen and oxygen atoms in total. The zero-order valence-corrected chi connectivity index (χ0v) is 18.7. The largest absolute Gasteiger partial charge is 0.497 e. The molecule has 160 valence electrons. The van der Waals surface area contributed by atoms with Gasteiger partial charge in [-0.2, -0.15) is 0 Å². The maximum Gasteiger partial charge on any atom is 0.276 e. The summed E-state index contributed by atoms with van der Waals surface area (Å²) in [6.07, 6.45) is -0.456. The predicted octanol–water partition coefficient (Wildman–Crippen LogP) is 3.43. The molecule has 0 unspecified atom stereocenters. The van der Waals surface area contributed by atoms with Crippen molar-refractivity contribution >= 4 is 40.1 Å². The number of hydrogen-bond acceptors (Lipinski definition) is 6. The van der Waals surface area contributed by atoms with Gasteiger partial charge in [0.25, 0.3) is 5.91 Å². The van der Waals surface area contributed by atoms with Crippen LogP contribution in [0, 0.1) is 0 Å². The van der Waals surface area contributed by atoms with Crippen molar-refractivity contribution in [2.24, 2.45) is 10.1 Å². The second-order valence-corrected chi connectivity index (χ2v) is 8.66. The van der Waals surface area contributed by atoms with Crippen LogP contribution in [0.1, 0.15) is 17.3 Å². The Hall–Kier alpha value is -3.29. The first kappa shape index (κ1) is 20.6. The van der Waals surface area contributed by atoms with Crippen LogP contribution in [-0.2, 0) is 10.5 Å². The number of amidine groups is 1.